The van der Waals surface area contributed by atoms with Gasteiger partial charge in [0.2, 0.25) is 0 Å². The van der Waals surface area contributed by atoms with Crippen LogP contribution in [-0.4, -0.2) is 36.5 Å². The molecule has 164 valence electrons. The molecule has 4 aromatic heterocycles. The highest BCUT2D eigenvalue weighted by molar-refractivity contribution is 6.02. The van der Waals surface area contributed by atoms with Gasteiger partial charge in [-0.15, -0.1) is 0 Å². The van der Waals surface area contributed by atoms with Crippen LogP contribution in [0.2, 0.25) is 0 Å². The summed E-state index contributed by atoms with van der Waals surface area (Å²) >= 11 is 0. The van der Waals surface area contributed by atoms with Crippen molar-refractivity contribution in [1.29, 1.82) is 0 Å². The van der Waals surface area contributed by atoms with Crippen molar-refractivity contribution in [3.05, 3.63) is 114 Å². The number of hydrogen-bond donors (Lipinski definition) is 0. The summed E-state index contributed by atoms with van der Waals surface area (Å²) in [5.41, 5.74) is 5.49. The summed E-state index contributed by atoms with van der Waals surface area (Å²) in [5.74, 6) is 0.0195. The highest BCUT2D eigenvalue weighted by atomic mass is 16.2. The minimum absolute atomic E-state index is 0.0195. The molecule has 33 heavy (non-hydrogen) atoms. The molecule has 5 aromatic rings. The summed E-state index contributed by atoms with van der Waals surface area (Å²) in [7, 11) is 0. The quantitative estimate of drug-likeness (QED) is 0.365. The Balaban J connectivity index is 1.48. The molecule has 0 radical (unpaired) electrons. The van der Waals surface area contributed by atoms with E-state index in [1.165, 1.54) is 0 Å². The molecule has 6 heteroatoms. The van der Waals surface area contributed by atoms with E-state index in [2.05, 4.69) is 4.98 Å². The lowest BCUT2D eigenvalue weighted by molar-refractivity contribution is 0.0754. The van der Waals surface area contributed by atoms with Gasteiger partial charge in [-0.25, -0.2) is 0 Å². The van der Waals surface area contributed by atoms with Crippen LogP contribution < -0.4 is 0 Å². The number of pyridine rings is 2. The number of hydrogen-bond acceptors (Lipinski definition) is 3. The van der Waals surface area contributed by atoms with Gasteiger partial charge in [0.1, 0.15) is 5.69 Å². The first kappa shape index (κ1) is 20.7. The van der Waals surface area contributed by atoms with Crippen molar-refractivity contribution in [2.24, 2.45) is 0 Å². The molecule has 0 aliphatic heterocycles. The summed E-state index contributed by atoms with van der Waals surface area (Å²) in [4.78, 5) is 19.6. The number of fused-ring (bicyclic) bond motifs is 1. The summed E-state index contributed by atoms with van der Waals surface area (Å²) in [6.45, 7) is 3.87. The standard InChI is InChI=1S/C27H25N5O/c1-2-30(19-21-9-4-3-5-10-21)27(33)23-17-26(32-15-7-6-12-25(23)32)24-13-16-31(29-24)20-22-11-8-14-28-18-22/h3-18H,2,19-20H2,1H3. The van der Waals surface area contributed by atoms with Crippen LogP contribution in [0.25, 0.3) is 16.9 Å². The van der Waals surface area contributed by atoms with Crippen molar-refractivity contribution < 1.29 is 4.79 Å². The van der Waals surface area contributed by atoms with Crippen LogP contribution in [-0.2, 0) is 13.1 Å². The molecule has 0 saturated carbocycles. The molecule has 0 unspecified atom stereocenters. The van der Waals surface area contributed by atoms with Gasteiger partial charge < -0.3 is 9.30 Å². The first-order valence-corrected chi connectivity index (χ1v) is 11.1. The fourth-order valence-corrected chi connectivity index (χ4v) is 4.09. The molecule has 5 rings (SSSR count). The lowest BCUT2D eigenvalue weighted by Gasteiger charge is -2.20. The van der Waals surface area contributed by atoms with E-state index in [-0.39, 0.29) is 5.91 Å². The monoisotopic (exact) mass is 435 g/mol. The van der Waals surface area contributed by atoms with E-state index in [9.17, 15) is 4.79 Å². The Morgan fingerprint density at radius 1 is 0.939 bits per heavy atom. The smallest absolute Gasteiger partial charge is 0.256 e. The molecule has 4 heterocycles. The lowest BCUT2D eigenvalue weighted by atomic mass is 10.1. The van der Waals surface area contributed by atoms with E-state index in [0.717, 1.165) is 28.0 Å². The van der Waals surface area contributed by atoms with Gasteiger partial charge >= 0.3 is 0 Å². The zero-order valence-corrected chi connectivity index (χ0v) is 18.5. The summed E-state index contributed by atoms with van der Waals surface area (Å²) < 4.78 is 3.93. The lowest BCUT2D eigenvalue weighted by Crippen LogP contribution is -2.30. The van der Waals surface area contributed by atoms with Gasteiger partial charge in [0.25, 0.3) is 5.91 Å². The van der Waals surface area contributed by atoms with Gasteiger partial charge in [-0.1, -0.05) is 42.5 Å². The molecule has 0 saturated heterocycles. The molecular weight excluding hydrogens is 410 g/mol. The Hall–Kier alpha value is -4.19. The predicted molar refractivity (Wildman–Crippen MR) is 129 cm³/mol. The molecule has 0 aliphatic rings. The second-order valence-electron chi connectivity index (χ2n) is 7.96. The molecule has 6 nitrogen and oxygen atoms in total. The maximum atomic E-state index is 13.6. The van der Waals surface area contributed by atoms with Crippen molar-refractivity contribution in [3.8, 4) is 11.4 Å². The molecule has 0 N–H and O–H groups in total. The summed E-state index contributed by atoms with van der Waals surface area (Å²) in [6.07, 6.45) is 7.55. The Bertz CT molecular complexity index is 1370. The van der Waals surface area contributed by atoms with Gasteiger partial charge in [-0.2, -0.15) is 5.10 Å². The fraction of sp³-hybridized carbons (Fsp3) is 0.148. The average molecular weight is 436 g/mol. The molecule has 1 aromatic carbocycles. The van der Waals surface area contributed by atoms with Crippen molar-refractivity contribution in [3.63, 3.8) is 0 Å². The Morgan fingerprint density at radius 3 is 2.55 bits per heavy atom. The van der Waals surface area contributed by atoms with Gasteiger partial charge in [-0.3, -0.25) is 14.5 Å². The van der Waals surface area contributed by atoms with E-state index < -0.39 is 0 Å². The van der Waals surface area contributed by atoms with Crippen LogP contribution in [0.15, 0.2) is 97.6 Å². The van der Waals surface area contributed by atoms with E-state index in [1.54, 1.807) is 6.20 Å². The molecule has 0 atom stereocenters. The third kappa shape index (κ3) is 4.28. The van der Waals surface area contributed by atoms with E-state index in [0.29, 0.717) is 25.2 Å². The van der Waals surface area contributed by atoms with Gasteiger partial charge in [0, 0.05) is 37.9 Å². The number of carbonyl (C=O) groups is 1. The van der Waals surface area contributed by atoms with Crippen molar-refractivity contribution in [2.75, 3.05) is 6.54 Å². The maximum Gasteiger partial charge on any atom is 0.256 e. The zero-order valence-electron chi connectivity index (χ0n) is 18.5. The average Bonchev–Trinajstić information content (AvgIpc) is 3.48. The van der Waals surface area contributed by atoms with Gasteiger partial charge in [0.05, 0.1) is 23.3 Å². The topological polar surface area (TPSA) is 55.4 Å². The minimum atomic E-state index is 0.0195. The first-order valence-electron chi connectivity index (χ1n) is 11.1. The third-order valence-electron chi connectivity index (χ3n) is 5.76. The molecule has 0 spiro atoms. The molecule has 0 fully saturated rings. The predicted octanol–water partition coefficient (Wildman–Crippen LogP) is 4.91. The number of aromatic nitrogens is 4. The van der Waals surface area contributed by atoms with E-state index in [1.807, 2.05) is 112 Å². The Morgan fingerprint density at radius 2 is 1.76 bits per heavy atom. The Labute approximate surface area is 192 Å². The van der Waals surface area contributed by atoms with Crippen LogP contribution in [0.3, 0.4) is 0 Å². The minimum Gasteiger partial charge on any atom is -0.335 e. The summed E-state index contributed by atoms with van der Waals surface area (Å²) in [5, 5.41) is 4.77. The number of carbonyl (C=O) groups excluding carboxylic acids is 1. The fourth-order valence-electron chi connectivity index (χ4n) is 4.09. The summed E-state index contributed by atoms with van der Waals surface area (Å²) in [6, 6.07) is 23.9. The second-order valence-corrected chi connectivity index (χ2v) is 7.96. The van der Waals surface area contributed by atoms with E-state index >= 15 is 0 Å². The Kier molecular flexibility index (Phi) is 5.72. The van der Waals surface area contributed by atoms with Crippen molar-refractivity contribution >= 4 is 11.4 Å². The number of benzene rings is 1. The maximum absolute atomic E-state index is 13.6. The number of rotatable bonds is 7. The highest BCUT2D eigenvalue weighted by Gasteiger charge is 2.21. The molecule has 1 amide bonds. The van der Waals surface area contributed by atoms with Crippen LogP contribution in [0.5, 0.6) is 0 Å². The van der Waals surface area contributed by atoms with Gasteiger partial charge in [0.15, 0.2) is 0 Å². The molecule has 0 bridgehead atoms. The highest BCUT2D eigenvalue weighted by Crippen LogP contribution is 2.27. The van der Waals surface area contributed by atoms with Crippen LogP contribution in [0, 0.1) is 0 Å². The second kappa shape index (κ2) is 9.12. The van der Waals surface area contributed by atoms with Crippen LogP contribution in [0.1, 0.15) is 28.4 Å². The molecular formula is C27H25N5O. The normalized spacial score (nSPS) is 11.1. The number of nitrogens with zero attached hydrogens (tertiary/aromatic N) is 5. The first-order chi connectivity index (χ1) is 16.2. The zero-order chi connectivity index (χ0) is 22.6. The van der Waals surface area contributed by atoms with Gasteiger partial charge in [-0.05, 0) is 48.4 Å². The van der Waals surface area contributed by atoms with E-state index in [4.69, 9.17) is 5.10 Å². The number of amides is 1. The third-order valence-corrected chi connectivity index (χ3v) is 5.76. The SMILES string of the molecule is CCN(Cc1ccccc1)C(=O)c1cc(-c2ccn(Cc3cccnc3)n2)n2ccccc12. The molecule has 0 aliphatic carbocycles. The largest absolute Gasteiger partial charge is 0.335 e. The van der Waals surface area contributed by atoms with Crippen molar-refractivity contribution in [1.82, 2.24) is 24.1 Å². The van der Waals surface area contributed by atoms with Crippen LogP contribution in [0.4, 0.5) is 0 Å². The van der Waals surface area contributed by atoms with Crippen molar-refractivity contribution in [2.45, 2.75) is 20.0 Å². The van der Waals surface area contributed by atoms with Crippen LogP contribution >= 0.6 is 0 Å².